The summed E-state index contributed by atoms with van der Waals surface area (Å²) in [5, 5.41) is 18.2. The van der Waals surface area contributed by atoms with Crippen molar-refractivity contribution in [3.8, 4) is 11.3 Å². The van der Waals surface area contributed by atoms with Crippen LogP contribution < -0.4 is 10.6 Å². The molecule has 0 unspecified atom stereocenters. The van der Waals surface area contributed by atoms with Gasteiger partial charge in [-0.2, -0.15) is 0 Å². The van der Waals surface area contributed by atoms with Gasteiger partial charge in [0.15, 0.2) is 16.1 Å². The summed E-state index contributed by atoms with van der Waals surface area (Å²) < 4.78 is 1.82. The summed E-state index contributed by atoms with van der Waals surface area (Å²) in [7, 11) is 1.84. The zero-order valence-corrected chi connectivity index (χ0v) is 23.2. The lowest BCUT2D eigenvalue weighted by Gasteiger charge is -2.21. The van der Waals surface area contributed by atoms with Crippen LogP contribution in [0.5, 0.6) is 0 Å². The fourth-order valence-corrected chi connectivity index (χ4v) is 5.13. The van der Waals surface area contributed by atoms with E-state index in [1.165, 1.54) is 23.1 Å². The van der Waals surface area contributed by atoms with E-state index < -0.39 is 0 Å². The van der Waals surface area contributed by atoms with Crippen molar-refractivity contribution in [2.24, 2.45) is 13.0 Å². The standard InChI is InChI=1S/C26H27ClN6O2S2/c1-15(2)22(30-24(35)18-7-5-16(3)6-8-18)23-31-32-26(33(23)4)37-14-21(34)29-25-28-20(13-36-25)17-9-11-19(27)12-10-17/h5-13,15,22H,14H2,1-4H3,(H,30,35)(H,28,29,34)/t22-/m1/s1. The van der Waals surface area contributed by atoms with Crippen LogP contribution in [-0.4, -0.2) is 37.3 Å². The fourth-order valence-electron chi connectivity index (χ4n) is 3.55. The van der Waals surface area contributed by atoms with Crippen molar-refractivity contribution >= 4 is 51.6 Å². The number of thiazole rings is 1. The molecule has 8 nitrogen and oxygen atoms in total. The molecule has 4 aromatic rings. The first-order valence-corrected chi connectivity index (χ1v) is 13.9. The maximum Gasteiger partial charge on any atom is 0.251 e. The lowest BCUT2D eigenvalue weighted by Crippen LogP contribution is -2.33. The maximum absolute atomic E-state index is 12.8. The minimum absolute atomic E-state index is 0.0817. The van der Waals surface area contributed by atoms with Gasteiger partial charge >= 0.3 is 0 Å². The monoisotopic (exact) mass is 554 g/mol. The van der Waals surface area contributed by atoms with E-state index in [-0.39, 0.29) is 29.5 Å². The highest BCUT2D eigenvalue weighted by Gasteiger charge is 2.25. The summed E-state index contributed by atoms with van der Waals surface area (Å²) in [5.74, 6) is 0.490. The molecule has 0 spiro atoms. The number of hydrogen-bond acceptors (Lipinski definition) is 7. The number of aryl methyl sites for hydroxylation is 1. The molecule has 2 aromatic heterocycles. The van der Waals surface area contributed by atoms with Crippen molar-refractivity contribution in [1.82, 2.24) is 25.1 Å². The highest BCUT2D eigenvalue weighted by atomic mass is 35.5. The number of amides is 2. The Morgan fingerprint density at radius 2 is 1.78 bits per heavy atom. The van der Waals surface area contributed by atoms with Crippen molar-refractivity contribution in [3.05, 3.63) is 75.9 Å². The molecule has 2 N–H and O–H groups in total. The van der Waals surface area contributed by atoms with Crippen LogP contribution in [0.2, 0.25) is 5.02 Å². The second-order valence-corrected chi connectivity index (χ2v) is 11.1. The molecule has 0 bridgehead atoms. The van der Waals surface area contributed by atoms with E-state index in [2.05, 4.69) is 25.8 Å². The minimum Gasteiger partial charge on any atom is -0.342 e. The Hall–Kier alpha value is -3.21. The first kappa shape index (κ1) is 26.8. The maximum atomic E-state index is 12.8. The Balaban J connectivity index is 1.37. The summed E-state index contributed by atoms with van der Waals surface area (Å²) in [6.45, 7) is 6.01. The zero-order chi connectivity index (χ0) is 26.5. The Kier molecular flexibility index (Phi) is 8.63. The molecule has 0 radical (unpaired) electrons. The molecule has 4 rings (SSSR count). The van der Waals surface area contributed by atoms with Gasteiger partial charge in [-0.25, -0.2) is 4.98 Å². The smallest absolute Gasteiger partial charge is 0.251 e. The van der Waals surface area contributed by atoms with Crippen molar-refractivity contribution < 1.29 is 9.59 Å². The van der Waals surface area contributed by atoms with Gasteiger partial charge in [0, 0.05) is 28.6 Å². The van der Waals surface area contributed by atoms with Gasteiger partial charge in [0.25, 0.3) is 5.91 Å². The number of carbonyl (C=O) groups is 2. The Labute approximate surface area is 228 Å². The van der Waals surface area contributed by atoms with E-state index in [0.29, 0.717) is 26.7 Å². The molecule has 37 heavy (non-hydrogen) atoms. The highest BCUT2D eigenvalue weighted by molar-refractivity contribution is 7.99. The molecule has 0 aliphatic rings. The van der Waals surface area contributed by atoms with E-state index in [1.807, 2.05) is 62.0 Å². The predicted octanol–water partition coefficient (Wildman–Crippen LogP) is 5.76. The summed E-state index contributed by atoms with van der Waals surface area (Å²) in [6, 6.07) is 14.5. The normalized spacial score (nSPS) is 11.9. The molecular formula is C26H27ClN6O2S2. The van der Waals surface area contributed by atoms with Gasteiger partial charge in [0.05, 0.1) is 17.5 Å². The average Bonchev–Trinajstić information content (AvgIpc) is 3.48. The largest absolute Gasteiger partial charge is 0.342 e. The van der Waals surface area contributed by atoms with Crippen LogP contribution in [0, 0.1) is 12.8 Å². The van der Waals surface area contributed by atoms with Crippen LogP contribution in [0.4, 0.5) is 5.13 Å². The second kappa shape index (κ2) is 11.9. The number of thioether (sulfide) groups is 1. The molecule has 2 aromatic carbocycles. The third-order valence-electron chi connectivity index (χ3n) is 5.64. The summed E-state index contributed by atoms with van der Waals surface area (Å²) >= 11 is 8.58. The Bertz CT molecular complexity index is 1380. The molecule has 11 heteroatoms. The van der Waals surface area contributed by atoms with Crippen molar-refractivity contribution in [3.63, 3.8) is 0 Å². The number of anilines is 1. The van der Waals surface area contributed by atoms with E-state index >= 15 is 0 Å². The van der Waals surface area contributed by atoms with Crippen LogP contribution in [-0.2, 0) is 11.8 Å². The molecular weight excluding hydrogens is 528 g/mol. The number of carbonyl (C=O) groups excluding carboxylic acids is 2. The number of rotatable bonds is 9. The predicted molar refractivity (Wildman–Crippen MR) is 149 cm³/mol. The number of aromatic nitrogens is 4. The van der Waals surface area contributed by atoms with E-state index in [1.54, 1.807) is 24.3 Å². The van der Waals surface area contributed by atoms with Crippen LogP contribution in [0.25, 0.3) is 11.3 Å². The number of nitrogens with one attached hydrogen (secondary N) is 2. The van der Waals surface area contributed by atoms with Gasteiger partial charge in [0.1, 0.15) is 0 Å². The Morgan fingerprint density at radius 3 is 2.46 bits per heavy atom. The minimum atomic E-state index is -0.337. The number of hydrogen-bond donors (Lipinski definition) is 2. The first-order valence-electron chi connectivity index (χ1n) is 11.6. The molecule has 192 valence electrons. The molecule has 0 aliphatic heterocycles. The molecule has 0 fully saturated rings. The molecule has 1 atom stereocenters. The molecule has 0 saturated heterocycles. The molecule has 0 saturated carbocycles. The van der Waals surface area contributed by atoms with Gasteiger partial charge in [-0.1, -0.05) is 67.0 Å². The molecule has 0 aliphatic carbocycles. The quantitative estimate of drug-likeness (QED) is 0.255. The van der Waals surface area contributed by atoms with Gasteiger partial charge in [0.2, 0.25) is 5.91 Å². The van der Waals surface area contributed by atoms with Crippen LogP contribution in [0.15, 0.2) is 59.1 Å². The topological polar surface area (TPSA) is 102 Å². The van der Waals surface area contributed by atoms with Crippen molar-refractivity contribution in [2.45, 2.75) is 32.0 Å². The van der Waals surface area contributed by atoms with Crippen molar-refractivity contribution in [2.75, 3.05) is 11.1 Å². The fraction of sp³-hybridized carbons (Fsp3) is 0.269. The van der Waals surface area contributed by atoms with E-state index in [9.17, 15) is 9.59 Å². The van der Waals surface area contributed by atoms with E-state index in [0.717, 1.165) is 16.8 Å². The van der Waals surface area contributed by atoms with Crippen molar-refractivity contribution in [1.29, 1.82) is 0 Å². The number of benzene rings is 2. The van der Waals surface area contributed by atoms with Crippen LogP contribution in [0.3, 0.4) is 0 Å². The van der Waals surface area contributed by atoms with Gasteiger partial charge in [-0.05, 0) is 37.1 Å². The number of nitrogens with zero attached hydrogens (tertiary/aromatic N) is 4. The SMILES string of the molecule is Cc1ccc(C(=O)N[C@@H](c2nnc(SCC(=O)Nc3nc(-c4ccc(Cl)cc4)cs3)n2C)C(C)C)cc1. The second-order valence-electron chi connectivity index (χ2n) is 8.84. The third kappa shape index (κ3) is 6.76. The summed E-state index contributed by atoms with van der Waals surface area (Å²) in [6.07, 6.45) is 0. The lowest BCUT2D eigenvalue weighted by molar-refractivity contribution is -0.113. The van der Waals surface area contributed by atoms with E-state index in [4.69, 9.17) is 11.6 Å². The highest BCUT2D eigenvalue weighted by Crippen LogP contribution is 2.27. The van der Waals surface area contributed by atoms with Gasteiger partial charge < -0.3 is 15.2 Å². The van der Waals surface area contributed by atoms with Crippen LogP contribution >= 0.6 is 34.7 Å². The lowest BCUT2D eigenvalue weighted by atomic mass is 10.0. The zero-order valence-electron chi connectivity index (χ0n) is 20.9. The molecule has 2 heterocycles. The summed E-state index contributed by atoms with van der Waals surface area (Å²) in [4.78, 5) is 29.9. The summed E-state index contributed by atoms with van der Waals surface area (Å²) in [5.41, 5.74) is 3.38. The van der Waals surface area contributed by atoms with Crippen LogP contribution in [0.1, 0.15) is 41.6 Å². The van der Waals surface area contributed by atoms with Gasteiger partial charge in [-0.3, -0.25) is 9.59 Å². The number of halogens is 1. The third-order valence-corrected chi connectivity index (χ3v) is 7.67. The first-order chi connectivity index (χ1) is 17.7. The average molecular weight is 555 g/mol. The Morgan fingerprint density at radius 1 is 1.08 bits per heavy atom. The molecule has 2 amide bonds. The van der Waals surface area contributed by atoms with Gasteiger partial charge in [-0.15, -0.1) is 21.5 Å².